The molecule has 3 rings (SSSR count). The Morgan fingerprint density at radius 3 is 2.56 bits per heavy atom. The van der Waals surface area contributed by atoms with Crippen molar-refractivity contribution in [1.29, 1.82) is 0 Å². The summed E-state index contributed by atoms with van der Waals surface area (Å²) in [4.78, 5) is 49.7. The molecule has 0 bridgehead atoms. The molecule has 144 valence electrons. The van der Waals surface area contributed by atoms with Crippen LogP contribution in [0.1, 0.15) is 52.8 Å². The fourth-order valence-corrected chi connectivity index (χ4v) is 3.37. The van der Waals surface area contributed by atoms with E-state index in [2.05, 4.69) is 10.6 Å². The lowest BCUT2D eigenvalue weighted by Gasteiger charge is -2.27. The zero-order chi connectivity index (χ0) is 19.6. The monoisotopic (exact) mass is 376 g/mol. The van der Waals surface area contributed by atoms with Crippen molar-refractivity contribution in [2.24, 2.45) is 5.73 Å². The number of hydrogen-bond acceptors (Lipinski definition) is 6. The lowest BCUT2D eigenvalue weighted by atomic mass is 10.0. The summed E-state index contributed by atoms with van der Waals surface area (Å²) in [5, 5.41) is 5.18. The molecule has 0 spiro atoms. The minimum absolute atomic E-state index is 0.0124. The summed E-state index contributed by atoms with van der Waals surface area (Å²) < 4.78 is 14.3. The topological polar surface area (TPSA) is 122 Å². The summed E-state index contributed by atoms with van der Waals surface area (Å²) in [6, 6.07) is 1.42. The van der Waals surface area contributed by atoms with Gasteiger partial charge >= 0.3 is 0 Å². The maximum absolute atomic E-state index is 14.3. The van der Waals surface area contributed by atoms with Gasteiger partial charge < -0.3 is 11.1 Å². The quantitative estimate of drug-likeness (QED) is 0.477. The highest BCUT2D eigenvalue weighted by atomic mass is 19.1. The van der Waals surface area contributed by atoms with E-state index >= 15 is 0 Å². The van der Waals surface area contributed by atoms with Crippen LogP contribution in [0.3, 0.4) is 0 Å². The van der Waals surface area contributed by atoms with E-state index in [1.807, 2.05) is 0 Å². The summed E-state index contributed by atoms with van der Waals surface area (Å²) in [6.07, 6.45) is 2.63. The van der Waals surface area contributed by atoms with Gasteiger partial charge in [0.15, 0.2) is 0 Å². The van der Waals surface area contributed by atoms with Crippen molar-refractivity contribution < 1.29 is 23.6 Å². The number of nitrogens with one attached hydrogen (secondary N) is 2. The molecule has 0 aliphatic carbocycles. The minimum atomic E-state index is -1.12. The Kier molecular flexibility index (Phi) is 5.50. The number of nitrogens with zero attached hydrogens (tertiary/aromatic N) is 1. The number of benzene rings is 1. The first-order chi connectivity index (χ1) is 13.0. The molecule has 0 aromatic heterocycles. The van der Waals surface area contributed by atoms with Gasteiger partial charge in [-0.15, -0.1) is 0 Å². The maximum atomic E-state index is 14.3. The van der Waals surface area contributed by atoms with Gasteiger partial charge in [-0.25, -0.2) is 4.39 Å². The molecule has 27 heavy (non-hydrogen) atoms. The number of halogens is 1. The minimum Gasteiger partial charge on any atom is -0.384 e. The number of hydrogen-bond donors (Lipinski definition) is 3. The Hall–Kier alpha value is -2.81. The van der Waals surface area contributed by atoms with E-state index in [0.29, 0.717) is 18.8 Å². The molecule has 9 heteroatoms. The normalized spacial score (nSPS) is 19.3. The number of unbranched alkanes of at least 4 members (excludes halogenated alkanes) is 2. The molecule has 1 saturated heterocycles. The number of amides is 4. The molecule has 8 nitrogen and oxygen atoms in total. The average molecular weight is 376 g/mol. The standard InChI is InChI=1S/C18H21FN4O4/c19-10-4-5-11(21-9-3-1-2-8-20)15-14(10)17(26)23(18(15)27)12-6-7-13(24)22-16(12)25/h4-5,12,21H,1-3,6-9,20H2,(H,22,24,25). The third kappa shape index (κ3) is 3.55. The van der Waals surface area contributed by atoms with Crippen molar-refractivity contribution in [3.8, 4) is 0 Å². The summed E-state index contributed by atoms with van der Waals surface area (Å²) in [6.45, 7) is 1.14. The van der Waals surface area contributed by atoms with Crippen LogP contribution in [0.2, 0.25) is 0 Å². The molecule has 2 aliphatic rings. The second-order valence-corrected chi connectivity index (χ2v) is 6.57. The molecule has 2 heterocycles. The highest BCUT2D eigenvalue weighted by Crippen LogP contribution is 2.34. The molecule has 1 fully saturated rings. The lowest BCUT2D eigenvalue weighted by Crippen LogP contribution is -2.54. The van der Waals surface area contributed by atoms with Crippen molar-refractivity contribution >= 4 is 29.3 Å². The molecule has 1 aromatic carbocycles. The van der Waals surface area contributed by atoms with Crippen LogP contribution in [0, 0.1) is 5.82 Å². The van der Waals surface area contributed by atoms with Crippen molar-refractivity contribution in [2.45, 2.75) is 38.1 Å². The van der Waals surface area contributed by atoms with E-state index in [-0.39, 0.29) is 24.0 Å². The van der Waals surface area contributed by atoms with Crippen LogP contribution in [-0.2, 0) is 9.59 Å². The molecular formula is C18H21FN4O4. The molecular weight excluding hydrogens is 355 g/mol. The Labute approximate surface area is 155 Å². The zero-order valence-corrected chi connectivity index (χ0v) is 14.7. The first-order valence-corrected chi connectivity index (χ1v) is 8.93. The molecule has 1 aromatic rings. The number of nitrogens with two attached hydrogens (primary N) is 1. The van der Waals surface area contributed by atoms with Gasteiger partial charge in [0.05, 0.1) is 11.1 Å². The smallest absolute Gasteiger partial charge is 0.265 e. The number of fused-ring (bicyclic) bond motifs is 1. The number of carbonyl (C=O) groups excluding carboxylic acids is 4. The second kappa shape index (κ2) is 7.83. The number of piperidine rings is 1. The van der Waals surface area contributed by atoms with Crippen molar-refractivity contribution in [3.05, 3.63) is 29.1 Å². The predicted octanol–water partition coefficient (Wildman–Crippen LogP) is 0.768. The van der Waals surface area contributed by atoms with E-state index in [1.54, 1.807) is 0 Å². The van der Waals surface area contributed by atoms with Crippen LogP contribution in [0.15, 0.2) is 12.1 Å². The number of carbonyl (C=O) groups is 4. The van der Waals surface area contributed by atoms with Gasteiger partial charge in [-0.3, -0.25) is 29.4 Å². The van der Waals surface area contributed by atoms with Gasteiger partial charge in [0.25, 0.3) is 11.8 Å². The van der Waals surface area contributed by atoms with Crippen LogP contribution in [0.25, 0.3) is 0 Å². The predicted molar refractivity (Wildman–Crippen MR) is 94.5 cm³/mol. The zero-order valence-electron chi connectivity index (χ0n) is 14.7. The Morgan fingerprint density at radius 2 is 1.85 bits per heavy atom. The largest absolute Gasteiger partial charge is 0.384 e. The number of imide groups is 2. The van der Waals surface area contributed by atoms with Gasteiger partial charge in [0, 0.05) is 18.7 Å². The molecule has 2 aliphatic heterocycles. The van der Waals surface area contributed by atoms with Crippen LogP contribution in [0.5, 0.6) is 0 Å². The van der Waals surface area contributed by atoms with E-state index in [4.69, 9.17) is 5.73 Å². The Bertz CT molecular complexity index is 811. The van der Waals surface area contributed by atoms with Crippen LogP contribution < -0.4 is 16.4 Å². The molecule has 1 unspecified atom stereocenters. The van der Waals surface area contributed by atoms with Gasteiger partial charge in [-0.2, -0.15) is 0 Å². The van der Waals surface area contributed by atoms with Crippen molar-refractivity contribution in [3.63, 3.8) is 0 Å². The van der Waals surface area contributed by atoms with Crippen LogP contribution in [0.4, 0.5) is 10.1 Å². The maximum Gasteiger partial charge on any atom is 0.265 e. The number of anilines is 1. The SMILES string of the molecule is NCCCCCNc1ccc(F)c2c1C(=O)N(C1CCC(=O)NC1=O)C2=O. The van der Waals surface area contributed by atoms with Gasteiger partial charge in [-0.05, 0) is 37.9 Å². The van der Waals surface area contributed by atoms with Crippen molar-refractivity contribution in [1.82, 2.24) is 10.2 Å². The molecule has 4 N–H and O–H groups in total. The fraction of sp³-hybridized carbons (Fsp3) is 0.444. The van der Waals surface area contributed by atoms with E-state index in [9.17, 15) is 23.6 Å². The van der Waals surface area contributed by atoms with E-state index < -0.39 is 35.5 Å². The van der Waals surface area contributed by atoms with Gasteiger partial charge in [0.1, 0.15) is 11.9 Å². The third-order valence-electron chi connectivity index (χ3n) is 4.74. The Balaban J connectivity index is 1.84. The van der Waals surface area contributed by atoms with Crippen molar-refractivity contribution in [2.75, 3.05) is 18.4 Å². The van der Waals surface area contributed by atoms with E-state index in [1.165, 1.54) is 6.07 Å². The molecule has 4 amide bonds. The van der Waals surface area contributed by atoms with Crippen LogP contribution in [-0.4, -0.2) is 47.7 Å². The molecule has 1 atom stereocenters. The summed E-state index contributed by atoms with van der Waals surface area (Å²) in [5.74, 6) is -3.58. The first kappa shape index (κ1) is 19.0. The summed E-state index contributed by atoms with van der Waals surface area (Å²) in [5.41, 5.74) is 5.40. The molecule has 0 saturated carbocycles. The molecule has 0 radical (unpaired) electrons. The highest BCUT2D eigenvalue weighted by Gasteiger charge is 2.47. The van der Waals surface area contributed by atoms with Gasteiger partial charge in [0.2, 0.25) is 11.8 Å². The first-order valence-electron chi connectivity index (χ1n) is 8.93. The summed E-state index contributed by atoms with van der Waals surface area (Å²) in [7, 11) is 0. The second-order valence-electron chi connectivity index (χ2n) is 6.57. The van der Waals surface area contributed by atoms with E-state index in [0.717, 1.165) is 30.2 Å². The number of rotatable bonds is 7. The lowest BCUT2D eigenvalue weighted by molar-refractivity contribution is -0.136. The highest BCUT2D eigenvalue weighted by molar-refractivity contribution is 6.25. The average Bonchev–Trinajstić information content (AvgIpc) is 2.89. The summed E-state index contributed by atoms with van der Waals surface area (Å²) >= 11 is 0. The van der Waals surface area contributed by atoms with Gasteiger partial charge in [-0.1, -0.05) is 6.42 Å². The third-order valence-corrected chi connectivity index (χ3v) is 4.74. The van der Waals surface area contributed by atoms with Crippen LogP contribution >= 0.6 is 0 Å². The Morgan fingerprint density at radius 1 is 1.11 bits per heavy atom. The fourth-order valence-electron chi connectivity index (χ4n) is 3.37.